The number of ether oxygens (including phenoxy) is 2. The standard InChI is InChI=1S/C23H23ClN2O5S/c1-3-31-18-9-8-15(12-19(18)30-2)13-20-22(28)26(23(29)32-20)11-10-25-21(27)14-16-6-4-5-7-17(16)24/h4-9,12-13H,3,10-11,14H2,1-2H3,(H,25,27)/b20-13-. The zero-order valence-electron chi connectivity index (χ0n) is 17.7. The largest absolute Gasteiger partial charge is 0.493 e. The van der Waals surface area contributed by atoms with Crippen LogP contribution in [-0.2, 0) is 16.0 Å². The van der Waals surface area contributed by atoms with Crippen LogP contribution in [0.15, 0.2) is 47.4 Å². The molecule has 1 aliphatic heterocycles. The molecule has 168 valence electrons. The molecule has 1 N–H and O–H groups in total. The van der Waals surface area contributed by atoms with Crippen molar-refractivity contribution in [2.45, 2.75) is 13.3 Å². The van der Waals surface area contributed by atoms with Crippen molar-refractivity contribution in [2.24, 2.45) is 0 Å². The maximum atomic E-state index is 12.7. The van der Waals surface area contributed by atoms with Gasteiger partial charge >= 0.3 is 0 Å². The summed E-state index contributed by atoms with van der Waals surface area (Å²) in [6.07, 6.45) is 1.76. The van der Waals surface area contributed by atoms with Gasteiger partial charge in [-0.15, -0.1) is 0 Å². The molecule has 0 saturated carbocycles. The van der Waals surface area contributed by atoms with Crippen molar-refractivity contribution in [3.63, 3.8) is 0 Å². The van der Waals surface area contributed by atoms with Crippen LogP contribution < -0.4 is 14.8 Å². The van der Waals surface area contributed by atoms with Crippen molar-refractivity contribution in [1.82, 2.24) is 10.2 Å². The average molecular weight is 475 g/mol. The van der Waals surface area contributed by atoms with Crippen LogP contribution >= 0.6 is 23.4 Å². The van der Waals surface area contributed by atoms with E-state index in [4.69, 9.17) is 21.1 Å². The highest BCUT2D eigenvalue weighted by Crippen LogP contribution is 2.34. The van der Waals surface area contributed by atoms with Crippen molar-refractivity contribution in [3.05, 3.63) is 63.5 Å². The van der Waals surface area contributed by atoms with Crippen molar-refractivity contribution < 1.29 is 23.9 Å². The number of rotatable bonds is 9. The first-order valence-corrected chi connectivity index (χ1v) is 11.2. The molecule has 0 bridgehead atoms. The maximum Gasteiger partial charge on any atom is 0.293 e. The van der Waals surface area contributed by atoms with Gasteiger partial charge in [0.1, 0.15) is 0 Å². The first-order chi connectivity index (χ1) is 15.4. The number of imide groups is 1. The third-order valence-corrected chi connectivity index (χ3v) is 5.90. The Balaban J connectivity index is 1.58. The van der Waals surface area contributed by atoms with Gasteiger partial charge < -0.3 is 14.8 Å². The van der Waals surface area contributed by atoms with E-state index in [1.807, 2.05) is 6.92 Å². The average Bonchev–Trinajstić information content (AvgIpc) is 3.04. The van der Waals surface area contributed by atoms with E-state index in [0.29, 0.717) is 39.2 Å². The molecule has 0 aliphatic carbocycles. The van der Waals surface area contributed by atoms with Gasteiger partial charge in [-0.05, 0) is 54.1 Å². The van der Waals surface area contributed by atoms with Crippen molar-refractivity contribution in [1.29, 1.82) is 0 Å². The predicted octanol–water partition coefficient (Wildman–Crippen LogP) is 4.14. The molecule has 0 aromatic heterocycles. The Morgan fingerprint density at radius 3 is 2.69 bits per heavy atom. The minimum Gasteiger partial charge on any atom is -0.493 e. The summed E-state index contributed by atoms with van der Waals surface area (Å²) in [5, 5.41) is 2.86. The van der Waals surface area contributed by atoms with Crippen molar-refractivity contribution in [2.75, 3.05) is 26.8 Å². The molecule has 1 saturated heterocycles. The number of carbonyl (C=O) groups is 3. The van der Waals surface area contributed by atoms with Gasteiger partial charge in [-0.2, -0.15) is 0 Å². The number of amides is 3. The van der Waals surface area contributed by atoms with E-state index >= 15 is 0 Å². The summed E-state index contributed by atoms with van der Waals surface area (Å²) in [6.45, 7) is 2.63. The number of hydrogen-bond acceptors (Lipinski definition) is 6. The highest BCUT2D eigenvalue weighted by Gasteiger charge is 2.34. The zero-order valence-corrected chi connectivity index (χ0v) is 19.3. The fourth-order valence-electron chi connectivity index (χ4n) is 3.08. The van der Waals surface area contributed by atoms with E-state index in [1.165, 1.54) is 7.11 Å². The van der Waals surface area contributed by atoms with Crippen LogP contribution in [-0.4, -0.2) is 48.8 Å². The van der Waals surface area contributed by atoms with Gasteiger partial charge in [0.15, 0.2) is 11.5 Å². The lowest BCUT2D eigenvalue weighted by atomic mass is 10.1. The molecule has 7 nitrogen and oxygen atoms in total. The normalized spacial score (nSPS) is 14.7. The lowest BCUT2D eigenvalue weighted by molar-refractivity contribution is -0.124. The van der Waals surface area contributed by atoms with E-state index in [9.17, 15) is 14.4 Å². The SMILES string of the molecule is CCOc1ccc(/C=C2\SC(=O)N(CCNC(=O)Cc3ccccc3Cl)C2=O)cc1OC. The number of methoxy groups -OCH3 is 1. The molecule has 32 heavy (non-hydrogen) atoms. The third-order valence-electron chi connectivity index (χ3n) is 4.63. The second-order valence-electron chi connectivity index (χ2n) is 6.79. The second kappa shape index (κ2) is 11.1. The number of nitrogens with one attached hydrogen (secondary N) is 1. The van der Waals surface area contributed by atoms with Crippen molar-refractivity contribution >= 4 is 46.5 Å². The topological polar surface area (TPSA) is 84.9 Å². The Morgan fingerprint density at radius 2 is 1.97 bits per heavy atom. The molecule has 2 aromatic rings. The molecule has 1 fully saturated rings. The van der Waals surface area contributed by atoms with Crippen LogP contribution in [0, 0.1) is 0 Å². The molecular weight excluding hydrogens is 452 g/mol. The predicted molar refractivity (Wildman–Crippen MR) is 125 cm³/mol. The lowest BCUT2D eigenvalue weighted by Gasteiger charge is -2.13. The number of halogens is 1. The summed E-state index contributed by atoms with van der Waals surface area (Å²) in [5.41, 5.74) is 1.43. The molecule has 9 heteroatoms. The van der Waals surface area contributed by atoms with E-state index in [-0.39, 0.29) is 30.7 Å². The van der Waals surface area contributed by atoms with Gasteiger partial charge in [0.25, 0.3) is 11.1 Å². The van der Waals surface area contributed by atoms with Crippen LogP contribution in [0.3, 0.4) is 0 Å². The van der Waals surface area contributed by atoms with Gasteiger partial charge in [-0.25, -0.2) is 0 Å². The van der Waals surface area contributed by atoms with E-state index in [1.54, 1.807) is 48.5 Å². The molecule has 3 rings (SSSR count). The van der Waals surface area contributed by atoms with Gasteiger partial charge in [-0.1, -0.05) is 35.9 Å². The number of thioether (sulfide) groups is 1. The summed E-state index contributed by atoms with van der Waals surface area (Å²) in [7, 11) is 1.54. The smallest absolute Gasteiger partial charge is 0.293 e. The zero-order chi connectivity index (χ0) is 23.1. The fourth-order valence-corrected chi connectivity index (χ4v) is 4.14. The van der Waals surface area contributed by atoms with E-state index in [0.717, 1.165) is 16.7 Å². The Hall–Kier alpha value is -2.97. The van der Waals surface area contributed by atoms with Crippen LogP contribution in [0.1, 0.15) is 18.1 Å². The third kappa shape index (κ3) is 5.83. The van der Waals surface area contributed by atoms with Crippen LogP contribution in [0.4, 0.5) is 4.79 Å². The molecule has 2 aromatic carbocycles. The Labute approximate surface area is 195 Å². The number of carbonyl (C=O) groups excluding carboxylic acids is 3. The molecule has 0 spiro atoms. The fraction of sp³-hybridized carbons (Fsp3) is 0.261. The number of benzene rings is 2. The molecule has 1 heterocycles. The van der Waals surface area contributed by atoms with Gasteiger partial charge in [0.05, 0.1) is 25.0 Å². The molecule has 3 amide bonds. The van der Waals surface area contributed by atoms with Gasteiger partial charge in [-0.3, -0.25) is 19.3 Å². The van der Waals surface area contributed by atoms with Gasteiger partial charge in [0.2, 0.25) is 5.91 Å². The molecule has 0 unspecified atom stereocenters. The van der Waals surface area contributed by atoms with Crippen molar-refractivity contribution in [3.8, 4) is 11.5 Å². The summed E-state index contributed by atoms with van der Waals surface area (Å²) in [6, 6.07) is 12.4. The highest BCUT2D eigenvalue weighted by atomic mass is 35.5. The van der Waals surface area contributed by atoms with Crippen LogP contribution in [0.5, 0.6) is 11.5 Å². The summed E-state index contributed by atoms with van der Waals surface area (Å²) < 4.78 is 10.8. The molecular formula is C23H23ClN2O5S. The molecule has 1 aliphatic rings. The quantitative estimate of drug-likeness (QED) is 0.550. The monoisotopic (exact) mass is 474 g/mol. The number of hydrogen-bond donors (Lipinski definition) is 1. The summed E-state index contributed by atoms with van der Waals surface area (Å²) in [4.78, 5) is 38.6. The van der Waals surface area contributed by atoms with Crippen LogP contribution in [0.2, 0.25) is 5.02 Å². The van der Waals surface area contributed by atoms with E-state index in [2.05, 4.69) is 5.32 Å². The van der Waals surface area contributed by atoms with Crippen LogP contribution in [0.25, 0.3) is 6.08 Å². The molecule has 0 radical (unpaired) electrons. The Morgan fingerprint density at radius 1 is 1.19 bits per heavy atom. The minimum atomic E-state index is -0.395. The molecule has 0 atom stereocenters. The summed E-state index contributed by atoms with van der Waals surface area (Å²) in [5.74, 6) is 0.518. The lowest BCUT2D eigenvalue weighted by Crippen LogP contribution is -2.37. The highest BCUT2D eigenvalue weighted by molar-refractivity contribution is 8.18. The Kier molecular flexibility index (Phi) is 8.19. The maximum absolute atomic E-state index is 12.7. The number of nitrogens with zero attached hydrogens (tertiary/aromatic N) is 1. The first-order valence-electron chi connectivity index (χ1n) is 9.99. The van der Waals surface area contributed by atoms with E-state index < -0.39 is 5.91 Å². The summed E-state index contributed by atoms with van der Waals surface area (Å²) >= 11 is 6.93. The second-order valence-corrected chi connectivity index (χ2v) is 8.20. The first kappa shape index (κ1) is 23.7. The van der Waals surface area contributed by atoms with Gasteiger partial charge in [0, 0.05) is 18.1 Å². The minimum absolute atomic E-state index is 0.0862. The Bertz CT molecular complexity index is 1060.